The largest absolute Gasteiger partial charge is 0.458 e. The Morgan fingerprint density at radius 2 is 1.44 bits per heavy atom. The van der Waals surface area contributed by atoms with Crippen molar-refractivity contribution in [2.24, 2.45) is 0 Å². The number of sulfonamides is 1. The second-order valence-corrected chi connectivity index (χ2v) is 10.6. The van der Waals surface area contributed by atoms with Gasteiger partial charge in [0, 0.05) is 22.5 Å². The van der Waals surface area contributed by atoms with Gasteiger partial charge in [0.2, 0.25) is 0 Å². The average Bonchev–Trinajstić information content (AvgIpc) is 3.47. The Hall–Kier alpha value is -4.29. The zero-order valence-corrected chi connectivity index (χ0v) is 20.4. The fraction of sp³-hybridized carbons (Fsp3) is 0.0667. The molecule has 2 aromatic heterocycles. The number of rotatable bonds is 6. The molecule has 0 saturated heterocycles. The third kappa shape index (κ3) is 3.85. The molecule has 4 aromatic carbocycles. The highest BCUT2D eigenvalue weighted by atomic mass is 32.2. The Morgan fingerprint density at radius 3 is 2.22 bits per heavy atom. The number of aryl methyl sites for hydroxylation is 1. The van der Waals surface area contributed by atoms with Crippen LogP contribution in [0, 0.1) is 6.92 Å². The molecule has 6 aromatic rings. The first-order chi connectivity index (χ1) is 17.5. The number of H-pyrrole nitrogens is 1. The molecule has 0 saturated carbocycles. The summed E-state index contributed by atoms with van der Waals surface area (Å²) in [6.45, 7) is 1.93. The van der Waals surface area contributed by atoms with E-state index in [9.17, 15) is 8.42 Å². The summed E-state index contributed by atoms with van der Waals surface area (Å²) in [5, 5.41) is 1.77. The second kappa shape index (κ2) is 8.73. The molecule has 0 amide bonds. The predicted octanol–water partition coefficient (Wildman–Crippen LogP) is 7.20. The highest BCUT2D eigenvalue weighted by molar-refractivity contribution is 7.92. The maximum Gasteiger partial charge on any atom is 0.262 e. The van der Waals surface area contributed by atoms with Crippen LogP contribution in [0.3, 0.4) is 0 Å². The maximum absolute atomic E-state index is 13.5. The predicted molar refractivity (Wildman–Crippen MR) is 144 cm³/mol. The lowest BCUT2D eigenvalue weighted by Crippen LogP contribution is -2.15. The molecule has 36 heavy (non-hydrogen) atoms. The molecular weight excluding hydrogens is 468 g/mol. The number of nitrogens with one attached hydrogen (secondary N) is 2. The van der Waals surface area contributed by atoms with Crippen molar-refractivity contribution in [2.45, 2.75) is 17.7 Å². The van der Waals surface area contributed by atoms with Crippen molar-refractivity contribution < 1.29 is 12.8 Å². The van der Waals surface area contributed by atoms with Gasteiger partial charge in [-0.25, -0.2) is 8.42 Å². The van der Waals surface area contributed by atoms with Crippen molar-refractivity contribution in [2.75, 3.05) is 4.72 Å². The first-order valence-electron chi connectivity index (χ1n) is 11.7. The van der Waals surface area contributed by atoms with E-state index in [1.165, 1.54) is 0 Å². The van der Waals surface area contributed by atoms with Gasteiger partial charge in [-0.15, -0.1) is 0 Å². The van der Waals surface area contributed by atoms with Crippen LogP contribution in [0.1, 0.15) is 28.4 Å². The molecule has 0 spiro atoms. The van der Waals surface area contributed by atoms with Crippen molar-refractivity contribution >= 4 is 37.6 Å². The molecular formula is C30H24N2O3S. The fourth-order valence-corrected chi connectivity index (χ4v) is 5.83. The zero-order valence-electron chi connectivity index (χ0n) is 19.6. The van der Waals surface area contributed by atoms with Gasteiger partial charge in [0.1, 0.15) is 11.3 Å². The van der Waals surface area contributed by atoms with Gasteiger partial charge in [0.15, 0.2) is 0 Å². The van der Waals surface area contributed by atoms with Crippen LogP contribution in [-0.2, 0) is 10.0 Å². The van der Waals surface area contributed by atoms with Crippen molar-refractivity contribution in [3.63, 3.8) is 0 Å². The highest BCUT2D eigenvalue weighted by Crippen LogP contribution is 2.44. The van der Waals surface area contributed by atoms with Crippen molar-refractivity contribution in [3.8, 4) is 0 Å². The first-order valence-corrected chi connectivity index (χ1v) is 13.2. The molecule has 0 fully saturated rings. The lowest BCUT2D eigenvalue weighted by Gasteiger charge is -2.18. The number of hydrogen-bond donors (Lipinski definition) is 2. The van der Waals surface area contributed by atoms with Crippen LogP contribution < -0.4 is 4.72 Å². The Labute approximate surface area is 209 Å². The molecule has 0 aliphatic rings. The summed E-state index contributed by atoms with van der Waals surface area (Å²) in [7, 11) is -3.86. The Kier molecular flexibility index (Phi) is 5.38. The number of aromatic nitrogens is 1. The number of para-hydroxylation sites is 2. The van der Waals surface area contributed by atoms with E-state index >= 15 is 0 Å². The van der Waals surface area contributed by atoms with E-state index < -0.39 is 10.0 Å². The minimum absolute atomic E-state index is 0.202. The van der Waals surface area contributed by atoms with Crippen LogP contribution in [0.5, 0.6) is 0 Å². The van der Waals surface area contributed by atoms with Gasteiger partial charge in [-0.1, -0.05) is 78.4 Å². The minimum atomic E-state index is -3.86. The lowest BCUT2D eigenvalue weighted by molar-refractivity contribution is 0.544. The van der Waals surface area contributed by atoms with Gasteiger partial charge in [-0.05, 0) is 48.4 Å². The van der Waals surface area contributed by atoms with Gasteiger partial charge < -0.3 is 9.40 Å². The molecule has 6 heteroatoms. The van der Waals surface area contributed by atoms with E-state index in [2.05, 4.69) is 15.8 Å². The van der Waals surface area contributed by atoms with Crippen LogP contribution >= 0.6 is 0 Å². The molecule has 6 rings (SSSR count). The summed E-state index contributed by atoms with van der Waals surface area (Å²) in [6, 6.07) is 32.4. The molecule has 2 heterocycles. The van der Waals surface area contributed by atoms with E-state index in [1.807, 2.05) is 85.9 Å². The number of anilines is 1. The van der Waals surface area contributed by atoms with Crippen molar-refractivity contribution in [1.29, 1.82) is 0 Å². The Bertz CT molecular complexity index is 1780. The fourth-order valence-electron chi connectivity index (χ4n) is 4.73. The van der Waals surface area contributed by atoms with Crippen LogP contribution in [0.15, 0.2) is 119 Å². The third-order valence-electron chi connectivity index (χ3n) is 6.52. The molecule has 0 radical (unpaired) electrons. The molecule has 0 aliphatic heterocycles. The van der Waals surface area contributed by atoms with Crippen LogP contribution in [-0.4, -0.2) is 13.4 Å². The summed E-state index contributed by atoms with van der Waals surface area (Å²) in [6.07, 6.45) is 1.98. The molecule has 2 N–H and O–H groups in total. The number of benzene rings is 4. The molecule has 1 atom stereocenters. The number of aromatic amines is 1. The summed E-state index contributed by atoms with van der Waals surface area (Å²) in [5.74, 6) is 0.202. The number of fused-ring (bicyclic) bond motifs is 2. The van der Waals surface area contributed by atoms with Gasteiger partial charge in [0.05, 0.1) is 16.5 Å². The first kappa shape index (κ1) is 22.2. The second-order valence-electron chi connectivity index (χ2n) is 8.89. The van der Waals surface area contributed by atoms with Gasteiger partial charge >= 0.3 is 0 Å². The normalized spacial score (nSPS) is 12.7. The molecule has 0 aliphatic carbocycles. The quantitative estimate of drug-likeness (QED) is 0.258. The smallest absolute Gasteiger partial charge is 0.262 e. The van der Waals surface area contributed by atoms with E-state index in [0.29, 0.717) is 22.4 Å². The van der Waals surface area contributed by atoms with Crippen LogP contribution in [0.4, 0.5) is 5.69 Å². The summed E-state index contributed by atoms with van der Waals surface area (Å²) in [4.78, 5) is 3.56. The lowest BCUT2D eigenvalue weighted by atomic mass is 9.88. The number of hydrogen-bond acceptors (Lipinski definition) is 3. The molecule has 5 nitrogen and oxygen atoms in total. The zero-order chi connectivity index (χ0) is 24.7. The summed E-state index contributed by atoms with van der Waals surface area (Å²) in [5.41, 5.74) is 5.07. The van der Waals surface area contributed by atoms with E-state index in [4.69, 9.17) is 4.42 Å². The van der Waals surface area contributed by atoms with E-state index in [-0.39, 0.29) is 10.8 Å². The van der Waals surface area contributed by atoms with Crippen LogP contribution in [0.25, 0.3) is 21.9 Å². The Balaban J connectivity index is 1.59. The number of furan rings is 1. The average molecular weight is 493 g/mol. The third-order valence-corrected chi connectivity index (χ3v) is 7.88. The maximum atomic E-state index is 13.5. The molecule has 178 valence electrons. The Morgan fingerprint density at radius 1 is 0.778 bits per heavy atom. The van der Waals surface area contributed by atoms with Crippen molar-refractivity contribution in [3.05, 3.63) is 132 Å². The minimum Gasteiger partial charge on any atom is -0.458 e. The van der Waals surface area contributed by atoms with Crippen molar-refractivity contribution in [1.82, 2.24) is 4.98 Å². The molecule has 0 unspecified atom stereocenters. The van der Waals surface area contributed by atoms with E-state index in [1.54, 1.807) is 24.3 Å². The van der Waals surface area contributed by atoms with Gasteiger partial charge in [-0.3, -0.25) is 4.72 Å². The summed E-state index contributed by atoms with van der Waals surface area (Å²) >= 11 is 0. The SMILES string of the molecule is Cc1ccc(S(=O)(=O)Nc2c([C@@H](c3ccccc3)c3c[nH]c4ccccc34)oc3ccccc23)cc1. The highest BCUT2D eigenvalue weighted by Gasteiger charge is 2.30. The van der Waals surface area contributed by atoms with E-state index in [0.717, 1.165) is 27.6 Å². The van der Waals surface area contributed by atoms with Crippen LogP contribution in [0.2, 0.25) is 0 Å². The standard InChI is InChI=1S/C30H24N2O3S/c1-20-15-17-22(18-16-20)36(33,34)32-29-24-12-6-8-14-27(24)35-30(29)28(21-9-3-2-4-10-21)25-19-31-26-13-7-5-11-23(25)26/h2-19,28,31-32H,1H3/t28-/m0/s1. The summed E-state index contributed by atoms with van der Waals surface area (Å²) < 4.78 is 36.3. The van der Waals surface area contributed by atoms with Gasteiger partial charge in [0.25, 0.3) is 10.0 Å². The topological polar surface area (TPSA) is 75.1 Å². The molecule has 0 bridgehead atoms. The monoisotopic (exact) mass is 492 g/mol. The van der Waals surface area contributed by atoms with Gasteiger partial charge in [-0.2, -0.15) is 0 Å².